The summed E-state index contributed by atoms with van der Waals surface area (Å²) in [6.07, 6.45) is 13.4. The lowest BCUT2D eigenvalue weighted by Crippen LogP contribution is -2.29. The molecule has 18 heavy (non-hydrogen) atoms. The second kappa shape index (κ2) is 15.0. The minimum absolute atomic E-state index is 0.309. The van der Waals surface area contributed by atoms with Gasteiger partial charge in [0.2, 0.25) is 0 Å². The van der Waals surface area contributed by atoms with Crippen molar-refractivity contribution in [3.63, 3.8) is 0 Å². The first kappa shape index (κ1) is 17.9. The largest absolute Gasteiger partial charge is 0.395 e. The first-order valence-electron chi connectivity index (χ1n) is 8.18. The lowest BCUT2D eigenvalue weighted by atomic mass is 10.1. The van der Waals surface area contributed by atoms with Crippen molar-refractivity contribution < 1.29 is 5.11 Å². The molecule has 1 N–H and O–H groups in total. The van der Waals surface area contributed by atoms with Crippen LogP contribution >= 0.6 is 0 Å². The monoisotopic (exact) mass is 257 g/mol. The summed E-state index contributed by atoms with van der Waals surface area (Å²) < 4.78 is 0. The van der Waals surface area contributed by atoms with Gasteiger partial charge in [-0.15, -0.1) is 0 Å². The molecule has 0 saturated carbocycles. The Morgan fingerprint density at radius 1 is 0.611 bits per heavy atom. The molecule has 0 aliphatic heterocycles. The molecule has 0 aromatic carbocycles. The SMILES string of the molecule is CCCCCCCCN(CCO)CCCCCC. The Morgan fingerprint density at radius 3 is 1.56 bits per heavy atom. The van der Waals surface area contributed by atoms with Crippen LogP contribution in [0.1, 0.15) is 78.1 Å². The molecule has 0 saturated heterocycles. The van der Waals surface area contributed by atoms with Crippen LogP contribution in [0.25, 0.3) is 0 Å². The predicted molar refractivity (Wildman–Crippen MR) is 81.0 cm³/mol. The van der Waals surface area contributed by atoms with Gasteiger partial charge >= 0.3 is 0 Å². The highest BCUT2D eigenvalue weighted by atomic mass is 16.3. The lowest BCUT2D eigenvalue weighted by molar-refractivity contribution is 0.190. The van der Waals surface area contributed by atoms with E-state index in [2.05, 4.69) is 18.7 Å². The van der Waals surface area contributed by atoms with Gasteiger partial charge in [-0.05, 0) is 25.9 Å². The summed E-state index contributed by atoms with van der Waals surface area (Å²) in [5, 5.41) is 9.07. The molecule has 0 bridgehead atoms. The van der Waals surface area contributed by atoms with Crippen molar-refractivity contribution in [2.24, 2.45) is 0 Å². The van der Waals surface area contributed by atoms with Gasteiger partial charge in [0.05, 0.1) is 6.61 Å². The summed E-state index contributed by atoms with van der Waals surface area (Å²) in [6, 6.07) is 0. The van der Waals surface area contributed by atoms with Crippen LogP contribution in [0.15, 0.2) is 0 Å². The summed E-state index contributed by atoms with van der Waals surface area (Å²) in [5.74, 6) is 0. The Balaban J connectivity index is 3.44. The van der Waals surface area contributed by atoms with Gasteiger partial charge in [-0.1, -0.05) is 65.2 Å². The Labute approximate surface area is 115 Å². The molecule has 0 amide bonds. The number of hydrogen-bond donors (Lipinski definition) is 1. The summed E-state index contributed by atoms with van der Waals surface area (Å²) in [7, 11) is 0. The number of nitrogens with zero attached hydrogens (tertiary/aromatic N) is 1. The number of hydrogen-bond acceptors (Lipinski definition) is 2. The van der Waals surface area contributed by atoms with E-state index in [0.29, 0.717) is 6.61 Å². The molecular weight excluding hydrogens is 222 g/mol. The maximum absolute atomic E-state index is 9.07. The minimum Gasteiger partial charge on any atom is -0.395 e. The van der Waals surface area contributed by atoms with Gasteiger partial charge in [0.15, 0.2) is 0 Å². The molecule has 0 aromatic heterocycles. The highest BCUT2D eigenvalue weighted by molar-refractivity contribution is 4.58. The van der Waals surface area contributed by atoms with Gasteiger partial charge < -0.3 is 10.0 Å². The van der Waals surface area contributed by atoms with E-state index in [9.17, 15) is 0 Å². The first-order valence-corrected chi connectivity index (χ1v) is 8.18. The molecule has 0 aromatic rings. The molecule has 0 atom stereocenters. The molecule has 2 heteroatoms. The second-order valence-corrected chi connectivity index (χ2v) is 5.39. The number of aliphatic hydroxyl groups is 1. The fourth-order valence-corrected chi connectivity index (χ4v) is 2.35. The van der Waals surface area contributed by atoms with Crippen molar-refractivity contribution in [1.29, 1.82) is 0 Å². The fourth-order valence-electron chi connectivity index (χ4n) is 2.35. The van der Waals surface area contributed by atoms with Crippen LogP contribution in [0.5, 0.6) is 0 Å². The van der Waals surface area contributed by atoms with E-state index in [1.807, 2.05) is 0 Å². The van der Waals surface area contributed by atoms with Crippen LogP contribution in [0.3, 0.4) is 0 Å². The van der Waals surface area contributed by atoms with Crippen molar-refractivity contribution in [2.45, 2.75) is 78.1 Å². The van der Waals surface area contributed by atoms with E-state index < -0.39 is 0 Å². The van der Waals surface area contributed by atoms with Crippen molar-refractivity contribution in [3.8, 4) is 0 Å². The highest BCUT2D eigenvalue weighted by Crippen LogP contribution is 2.07. The Hall–Kier alpha value is -0.0800. The van der Waals surface area contributed by atoms with Crippen molar-refractivity contribution in [3.05, 3.63) is 0 Å². The molecule has 0 aliphatic carbocycles. The molecule has 0 unspecified atom stereocenters. The Kier molecular flexibility index (Phi) is 14.9. The summed E-state index contributed by atoms with van der Waals surface area (Å²) in [5.41, 5.74) is 0. The van der Waals surface area contributed by atoms with Crippen molar-refractivity contribution in [1.82, 2.24) is 4.90 Å². The van der Waals surface area contributed by atoms with Crippen LogP contribution in [-0.4, -0.2) is 36.2 Å². The fraction of sp³-hybridized carbons (Fsp3) is 1.00. The molecule has 0 aliphatic rings. The molecule has 0 fully saturated rings. The highest BCUT2D eigenvalue weighted by Gasteiger charge is 2.03. The van der Waals surface area contributed by atoms with E-state index in [4.69, 9.17) is 5.11 Å². The molecule has 2 nitrogen and oxygen atoms in total. The number of unbranched alkanes of at least 4 members (excludes halogenated alkanes) is 8. The summed E-state index contributed by atoms with van der Waals surface area (Å²) in [4.78, 5) is 2.44. The molecule has 0 spiro atoms. The quantitative estimate of drug-likeness (QED) is 0.471. The maximum Gasteiger partial charge on any atom is 0.0558 e. The lowest BCUT2D eigenvalue weighted by Gasteiger charge is -2.21. The van der Waals surface area contributed by atoms with Crippen LogP contribution in [0.2, 0.25) is 0 Å². The van der Waals surface area contributed by atoms with Crippen LogP contribution in [-0.2, 0) is 0 Å². The second-order valence-electron chi connectivity index (χ2n) is 5.39. The van der Waals surface area contributed by atoms with E-state index in [-0.39, 0.29) is 0 Å². The van der Waals surface area contributed by atoms with E-state index in [0.717, 1.165) is 6.54 Å². The molecule has 0 heterocycles. The van der Waals surface area contributed by atoms with Crippen molar-refractivity contribution in [2.75, 3.05) is 26.2 Å². The topological polar surface area (TPSA) is 23.5 Å². The average Bonchev–Trinajstić information content (AvgIpc) is 2.38. The van der Waals surface area contributed by atoms with Gasteiger partial charge in [-0.2, -0.15) is 0 Å². The van der Waals surface area contributed by atoms with E-state index >= 15 is 0 Å². The standard InChI is InChI=1S/C16H35NO/c1-3-5-7-9-10-12-14-17(15-16-18)13-11-8-6-4-2/h18H,3-16H2,1-2H3. The Morgan fingerprint density at radius 2 is 1.06 bits per heavy atom. The minimum atomic E-state index is 0.309. The maximum atomic E-state index is 9.07. The third kappa shape index (κ3) is 12.4. The number of rotatable bonds is 14. The van der Waals surface area contributed by atoms with E-state index in [1.54, 1.807) is 0 Å². The first-order chi connectivity index (χ1) is 8.85. The summed E-state index contributed by atoms with van der Waals surface area (Å²) >= 11 is 0. The van der Waals surface area contributed by atoms with Crippen LogP contribution in [0, 0.1) is 0 Å². The summed E-state index contributed by atoms with van der Waals surface area (Å²) in [6.45, 7) is 8.04. The third-order valence-electron chi connectivity index (χ3n) is 3.57. The van der Waals surface area contributed by atoms with Gasteiger partial charge in [-0.3, -0.25) is 0 Å². The van der Waals surface area contributed by atoms with Crippen LogP contribution < -0.4 is 0 Å². The zero-order valence-corrected chi connectivity index (χ0v) is 12.8. The Bertz CT molecular complexity index is 150. The zero-order valence-electron chi connectivity index (χ0n) is 12.8. The molecule has 0 rings (SSSR count). The number of aliphatic hydroxyl groups excluding tert-OH is 1. The molecule has 0 radical (unpaired) electrons. The van der Waals surface area contributed by atoms with Gasteiger partial charge in [0.25, 0.3) is 0 Å². The van der Waals surface area contributed by atoms with Gasteiger partial charge in [0.1, 0.15) is 0 Å². The smallest absolute Gasteiger partial charge is 0.0558 e. The predicted octanol–water partition coefficient (Wildman–Crippen LogP) is 4.22. The van der Waals surface area contributed by atoms with Gasteiger partial charge in [-0.25, -0.2) is 0 Å². The molecule has 110 valence electrons. The van der Waals surface area contributed by atoms with Crippen molar-refractivity contribution >= 4 is 0 Å². The van der Waals surface area contributed by atoms with Gasteiger partial charge in [0, 0.05) is 6.54 Å². The van der Waals surface area contributed by atoms with E-state index in [1.165, 1.54) is 77.3 Å². The average molecular weight is 257 g/mol. The normalized spacial score (nSPS) is 11.3. The third-order valence-corrected chi connectivity index (χ3v) is 3.57. The zero-order chi connectivity index (χ0) is 13.5. The van der Waals surface area contributed by atoms with Crippen LogP contribution in [0.4, 0.5) is 0 Å². The molecular formula is C16H35NO.